The van der Waals surface area contributed by atoms with Crippen LogP contribution in [0.1, 0.15) is 15.9 Å². The summed E-state index contributed by atoms with van der Waals surface area (Å²) in [5.74, 6) is 0.651. The lowest BCUT2D eigenvalue weighted by Gasteiger charge is -2.34. The van der Waals surface area contributed by atoms with E-state index in [1.54, 1.807) is 24.3 Å². The molecule has 1 atom stereocenters. The molecule has 0 bridgehead atoms. The van der Waals surface area contributed by atoms with E-state index in [1.165, 1.54) is 10.6 Å². The van der Waals surface area contributed by atoms with Crippen molar-refractivity contribution in [2.75, 3.05) is 44.2 Å². The highest BCUT2D eigenvalue weighted by atomic mass is 16.5. The molecule has 2 N–H and O–H groups in total. The molecule has 5 nitrogen and oxygen atoms in total. The van der Waals surface area contributed by atoms with E-state index in [2.05, 4.69) is 29.2 Å². The molecule has 0 radical (unpaired) electrons. The number of rotatable bonds is 8. The van der Waals surface area contributed by atoms with E-state index < -0.39 is 6.10 Å². The van der Waals surface area contributed by atoms with Crippen molar-refractivity contribution in [3.63, 3.8) is 0 Å². The molecule has 0 aliphatic carbocycles. The number of carbonyl (C=O) groups is 1. The van der Waals surface area contributed by atoms with E-state index in [-0.39, 0.29) is 12.4 Å². The van der Waals surface area contributed by atoms with Crippen molar-refractivity contribution in [1.82, 2.24) is 0 Å². The Morgan fingerprint density at radius 1 is 0.871 bits per heavy atom. The molecule has 4 rings (SSSR count). The van der Waals surface area contributed by atoms with Gasteiger partial charge in [-0.25, -0.2) is 0 Å². The normalized spacial score (nSPS) is 15.5. The summed E-state index contributed by atoms with van der Waals surface area (Å²) in [6, 6.07) is 26.8. The topological polar surface area (TPSA) is 54.2 Å². The first-order chi connectivity index (χ1) is 15.2. The number of aliphatic hydroxyl groups excluding tert-OH is 1. The van der Waals surface area contributed by atoms with Gasteiger partial charge in [-0.1, -0.05) is 48.5 Å². The number of ketones is 1. The summed E-state index contributed by atoms with van der Waals surface area (Å²) < 4.78 is 5.76. The van der Waals surface area contributed by atoms with Crippen LogP contribution in [-0.4, -0.2) is 56.3 Å². The fraction of sp³-hybridized carbons (Fsp3) is 0.269. The van der Waals surface area contributed by atoms with Crippen molar-refractivity contribution >= 4 is 11.5 Å². The van der Waals surface area contributed by atoms with Crippen LogP contribution in [0, 0.1) is 0 Å². The summed E-state index contributed by atoms with van der Waals surface area (Å²) in [7, 11) is 0. The van der Waals surface area contributed by atoms with Gasteiger partial charge < -0.3 is 19.6 Å². The Kier molecular flexibility index (Phi) is 6.97. The highest BCUT2D eigenvalue weighted by Gasteiger charge is 2.22. The first kappa shape index (κ1) is 21.1. The van der Waals surface area contributed by atoms with Gasteiger partial charge in [0.2, 0.25) is 0 Å². The number of aliphatic hydroxyl groups is 1. The Balaban J connectivity index is 1.21. The Hall–Kier alpha value is -3.15. The van der Waals surface area contributed by atoms with E-state index in [0.717, 1.165) is 26.2 Å². The van der Waals surface area contributed by atoms with Crippen LogP contribution in [0.15, 0.2) is 84.9 Å². The van der Waals surface area contributed by atoms with Crippen molar-refractivity contribution in [2.45, 2.75) is 6.10 Å². The summed E-state index contributed by atoms with van der Waals surface area (Å²) in [6.45, 7) is 4.91. The SMILES string of the molecule is O=C(c1ccccc1)c1ccc(OC[C@@H](O)C[NH+]2CCN(c3ccccc3)CC2)cc1. The highest BCUT2D eigenvalue weighted by molar-refractivity contribution is 6.08. The second-order valence-corrected chi connectivity index (χ2v) is 7.96. The second kappa shape index (κ2) is 10.2. The maximum Gasteiger partial charge on any atom is 0.193 e. The smallest absolute Gasteiger partial charge is 0.193 e. The minimum absolute atomic E-state index is 0.00886. The second-order valence-electron chi connectivity index (χ2n) is 7.96. The van der Waals surface area contributed by atoms with Gasteiger partial charge in [0.1, 0.15) is 25.0 Å². The van der Waals surface area contributed by atoms with Crippen LogP contribution < -0.4 is 14.5 Å². The molecule has 1 aliphatic heterocycles. The molecule has 0 amide bonds. The third kappa shape index (κ3) is 5.72. The van der Waals surface area contributed by atoms with E-state index >= 15 is 0 Å². The van der Waals surface area contributed by atoms with Crippen molar-refractivity contribution in [3.8, 4) is 5.75 Å². The molecule has 1 saturated heterocycles. The fourth-order valence-corrected chi connectivity index (χ4v) is 3.97. The molecule has 31 heavy (non-hydrogen) atoms. The molecule has 5 heteroatoms. The van der Waals surface area contributed by atoms with E-state index in [0.29, 0.717) is 23.4 Å². The van der Waals surface area contributed by atoms with Gasteiger partial charge in [0, 0.05) is 16.8 Å². The molecule has 3 aromatic carbocycles. The van der Waals surface area contributed by atoms with Crippen LogP contribution in [0.2, 0.25) is 0 Å². The van der Waals surface area contributed by atoms with Gasteiger partial charge in [0.15, 0.2) is 5.78 Å². The maximum atomic E-state index is 12.5. The Morgan fingerprint density at radius 2 is 1.45 bits per heavy atom. The van der Waals surface area contributed by atoms with Gasteiger partial charge in [-0.2, -0.15) is 0 Å². The van der Waals surface area contributed by atoms with Crippen LogP contribution >= 0.6 is 0 Å². The first-order valence-electron chi connectivity index (χ1n) is 10.8. The standard InChI is InChI=1S/C26H28N2O3/c29-24(19-27-15-17-28(18-16-27)23-9-5-2-6-10-23)20-31-25-13-11-22(12-14-25)26(30)21-7-3-1-4-8-21/h1-14,24,29H,15-20H2/p+1/t24-/m0/s1. The van der Waals surface area contributed by atoms with Crippen molar-refractivity contribution < 1.29 is 19.5 Å². The van der Waals surface area contributed by atoms with E-state index in [9.17, 15) is 9.90 Å². The van der Waals surface area contributed by atoms with Crippen molar-refractivity contribution in [1.29, 1.82) is 0 Å². The summed E-state index contributed by atoms with van der Waals surface area (Å²) in [4.78, 5) is 16.3. The molecule has 1 heterocycles. The van der Waals surface area contributed by atoms with E-state index in [1.807, 2.05) is 36.4 Å². The number of ether oxygens (including phenoxy) is 1. The van der Waals surface area contributed by atoms with Crippen LogP contribution in [-0.2, 0) is 0 Å². The quantitative estimate of drug-likeness (QED) is 0.551. The molecule has 160 valence electrons. The zero-order chi connectivity index (χ0) is 21.5. The van der Waals surface area contributed by atoms with E-state index in [4.69, 9.17) is 4.74 Å². The van der Waals surface area contributed by atoms with Crippen LogP contribution in [0.25, 0.3) is 0 Å². The summed E-state index contributed by atoms with van der Waals surface area (Å²) in [5, 5.41) is 10.4. The Labute approximate surface area is 183 Å². The van der Waals surface area contributed by atoms with Crippen LogP contribution in [0.5, 0.6) is 5.75 Å². The molecular formula is C26H29N2O3+. The van der Waals surface area contributed by atoms with Gasteiger partial charge >= 0.3 is 0 Å². The number of quaternary nitrogens is 1. The van der Waals surface area contributed by atoms with Gasteiger partial charge in [0.25, 0.3) is 0 Å². The zero-order valence-electron chi connectivity index (χ0n) is 17.6. The average Bonchev–Trinajstić information content (AvgIpc) is 2.84. The van der Waals surface area contributed by atoms with Gasteiger partial charge in [0.05, 0.1) is 26.2 Å². The Morgan fingerprint density at radius 3 is 2.10 bits per heavy atom. The molecule has 1 aliphatic rings. The lowest BCUT2D eigenvalue weighted by molar-refractivity contribution is -0.903. The monoisotopic (exact) mass is 417 g/mol. The molecular weight excluding hydrogens is 388 g/mol. The molecule has 0 aromatic heterocycles. The summed E-state index contributed by atoms with van der Waals surface area (Å²) in [6.07, 6.45) is -0.524. The number of hydrogen-bond acceptors (Lipinski definition) is 4. The third-order valence-corrected chi connectivity index (χ3v) is 5.71. The van der Waals surface area contributed by atoms with Crippen molar-refractivity contribution in [3.05, 3.63) is 96.1 Å². The van der Waals surface area contributed by atoms with Crippen molar-refractivity contribution in [2.24, 2.45) is 0 Å². The number of nitrogens with one attached hydrogen (secondary N) is 1. The molecule has 0 spiro atoms. The zero-order valence-corrected chi connectivity index (χ0v) is 17.6. The Bertz CT molecular complexity index is 953. The number of hydrogen-bond donors (Lipinski definition) is 2. The van der Waals surface area contributed by atoms with Crippen LogP contribution in [0.3, 0.4) is 0 Å². The highest BCUT2D eigenvalue weighted by Crippen LogP contribution is 2.16. The van der Waals surface area contributed by atoms with Gasteiger partial charge in [-0.3, -0.25) is 4.79 Å². The number of nitrogens with zero attached hydrogens (tertiary/aromatic N) is 1. The molecule has 3 aromatic rings. The van der Waals surface area contributed by atoms with Gasteiger partial charge in [-0.15, -0.1) is 0 Å². The lowest BCUT2D eigenvalue weighted by Crippen LogP contribution is -3.16. The first-order valence-corrected chi connectivity index (χ1v) is 10.8. The average molecular weight is 418 g/mol. The molecule has 1 fully saturated rings. The minimum Gasteiger partial charge on any atom is -0.491 e. The summed E-state index contributed by atoms with van der Waals surface area (Å²) >= 11 is 0. The van der Waals surface area contributed by atoms with Gasteiger partial charge in [-0.05, 0) is 36.4 Å². The fourth-order valence-electron chi connectivity index (χ4n) is 3.97. The number of anilines is 1. The third-order valence-electron chi connectivity index (χ3n) is 5.71. The largest absolute Gasteiger partial charge is 0.491 e. The minimum atomic E-state index is -0.524. The molecule has 0 unspecified atom stereocenters. The number of carbonyl (C=O) groups excluding carboxylic acids is 1. The number of benzene rings is 3. The lowest BCUT2D eigenvalue weighted by atomic mass is 10.0. The maximum absolute atomic E-state index is 12.5. The predicted molar refractivity (Wildman–Crippen MR) is 122 cm³/mol. The summed E-state index contributed by atoms with van der Waals surface area (Å²) in [5.41, 5.74) is 2.56. The number of piperazine rings is 1. The predicted octanol–water partition coefficient (Wildman–Crippen LogP) is 2.06. The number of para-hydroxylation sites is 1. The molecule has 0 saturated carbocycles. The van der Waals surface area contributed by atoms with Crippen LogP contribution in [0.4, 0.5) is 5.69 Å².